The second kappa shape index (κ2) is 7.32. The lowest BCUT2D eigenvalue weighted by Gasteiger charge is -2.25. The van der Waals surface area contributed by atoms with Gasteiger partial charge in [-0.2, -0.15) is 15.6 Å². The molecule has 1 aliphatic rings. The fourth-order valence-corrected chi connectivity index (χ4v) is 6.01. The second-order valence-corrected chi connectivity index (χ2v) is 9.85. The van der Waals surface area contributed by atoms with E-state index in [0.29, 0.717) is 33.8 Å². The van der Waals surface area contributed by atoms with Crippen LogP contribution in [0.25, 0.3) is 0 Å². The number of amides is 1. The van der Waals surface area contributed by atoms with Crippen LogP contribution in [-0.2, 0) is 23.0 Å². The van der Waals surface area contributed by atoms with Gasteiger partial charge in [-0.3, -0.25) is 10.1 Å². The Hall–Kier alpha value is -2.21. The van der Waals surface area contributed by atoms with Crippen molar-refractivity contribution < 1.29 is 22.0 Å². The normalized spacial score (nSPS) is 14.6. The van der Waals surface area contributed by atoms with Crippen LogP contribution < -0.4 is 5.32 Å². The number of nitrogens with one attached hydrogen (secondary N) is 1. The van der Waals surface area contributed by atoms with E-state index in [-0.39, 0.29) is 19.0 Å². The van der Waals surface area contributed by atoms with Crippen LogP contribution in [-0.4, -0.2) is 30.2 Å². The zero-order chi connectivity index (χ0) is 19.9. The molecule has 3 heterocycles. The number of carbonyl (C=O) groups is 1. The van der Waals surface area contributed by atoms with Crippen molar-refractivity contribution in [3.63, 3.8) is 0 Å². The molecule has 0 fully saturated rings. The molecule has 1 amide bonds. The Labute approximate surface area is 167 Å². The van der Waals surface area contributed by atoms with Gasteiger partial charge in [-0.15, -0.1) is 11.3 Å². The molecule has 0 radical (unpaired) electrons. The number of carbonyl (C=O) groups excluding carboxylic acids is 1. The summed E-state index contributed by atoms with van der Waals surface area (Å²) in [4.78, 5) is 16.8. The minimum atomic E-state index is -4.05. The number of halogens is 2. The summed E-state index contributed by atoms with van der Waals surface area (Å²) in [5, 5.41) is 6.61. The van der Waals surface area contributed by atoms with Crippen LogP contribution in [0, 0.1) is 11.6 Å². The molecule has 4 rings (SSSR count). The lowest BCUT2D eigenvalue weighted by molar-refractivity contribution is 0.102. The first-order chi connectivity index (χ1) is 13.3. The number of aromatic nitrogens is 1. The van der Waals surface area contributed by atoms with Crippen molar-refractivity contribution in [1.82, 2.24) is 9.29 Å². The van der Waals surface area contributed by atoms with Crippen LogP contribution >= 0.6 is 22.7 Å². The Balaban J connectivity index is 1.55. The molecule has 1 aromatic carbocycles. The van der Waals surface area contributed by atoms with E-state index in [1.54, 1.807) is 16.8 Å². The van der Waals surface area contributed by atoms with Crippen LogP contribution in [0.5, 0.6) is 0 Å². The second-order valence-electron chi connectivity index (χ2n) is 6.05. The van der Waals surface area contributed by atoms with Gasteiger partial charge in [0.25, 0.3) is 5.91 Å². The predicted molar refractivity (Wildman–Crippen MR) is 102 cm³/mol. The van der Waals surface area contributed by atoms with Gasteiger partial charge in [0.1, 0.15) is 11.6 Å². The predicted octanol–water partition coefficient (Wildman–Crippen LogP) is 3.48. The number of benzene rings is 1. The molecule has 28 heavy (non-hydrogen) atoms. The molecule has 1 aliphatic heterocycles. The lowest BCUT2D eigenvalue weighted by atomic mass is 10.2. The van der Waals surface area contributed by atoms with E-state index in [1.807, 2.05) is 0 Å². The molecule has 2 aromatic heterocycles. The van der Waals surface area contributed by atoms with Crippen molar-refractivity contribution in [3.05, 3.63) is 62.8 Å². The topological polar surface area (TPSA) is 79.4 Å². The third-order valence-electron chi connectivity index (χ3n) is 4.17. The summed E-state index contributed by atoms with van der Waals surface area (Å²) in [6.45, 7) is 0.164. The van der Waals surface area contributed by atoms with Gasteiger partial charge >= 0.3 is 0 Å². The van der Waals surface area contributed by atoms with Crippen molar-refractivity contribution in [2.45, 2.75) is 17.9 Å². The molecule has 0 unspecified atom stereocenters. The summed E-state index contributed by atoms with van der Waals surface area (Å²) in [5.74, 6) is -2.19. The molecule has 6 nitrogen and oxygen atoms in total. The average molecular weight is 442 g/mol. The fourth-order valence-electron chi connectivity index (χ4n) is 2.82. The van der Waals surface area contributed by atoms with E-state index in [9.17, 15) is 22.0 Å². The molecule has 0 saturated carbocycles. The van der Waals surface area contributed by atoms with Crippen molar-refractivity contribution in [2.24, 2.45) is 0 Å². The van der Waals surface area contributed by atoms with Gasteiger partial charge < -0.3 is 0 Å². The van der Waals surface area contributed by atoms with Crippen molar-refractivity contribution >= 4 is 43.7 Å². The van der Waals surface area contributed by atoms with Crippen LogP contribution in [0.4, 0.5) is 13.9 Å². The van der Waals surface area contributed by atoms with Crippen molar-refractivity contribution in [3.8, 4) is 0 Å². The maximum atomic E-state index is 13.4. The zero-order valence-electron chi connectivity index (χ0n) is 14.2. The number of fused-ring (bicyclic) bond motifs is 1. The molecule has 0 atom stereocenters. The average Bonchev–Trinajstić information content (AvgIpc) is 3.29. The molecule has 146 valence electrons. The van der Waals surface area contributed by atoms with E-state index in [2.05, 4.69) is 10.3 Å². The Morgan fingerprint density at radius 3 is 2.64 bits per heavy atom. The number of hydrogen-bond donors (Lipinski definition) is 1. The number of sulfonamides is 1. The van der Waals surface area contributed by atoms with Crippen LogP contribution in [0.3, 0.4) is 0 Å². The fraction of sp³-hybridized carbons (Fsp3) is 0.176. The van der Waals surface area contributed by atoms with E-state index >= 15 is 0 Å². The number of rotatable bonds is 4. The van der Waals surface area contributed by atoms with E-state index in [4.69, 9.17) is 0 Å². The van der Waals surface area contributed by atoms with Crippen LogP contribution in [0.15, 0.2) is 39.9 Å². The van der Waals surface area contributed by atoms with Gasteiger partial charge in [0.15, 0.2) is 5.13 Å². The molecule has 1 N–H and O–H groups in total. The molecule has 0 saturated heterocycles. The number of hydrogen-bond acceptors (Lipinski definition) is 6. The first kappa shape index (κ1) is 19.1. The third-order valence-corrected chi connectivity index (χ3v) is 7.68. The first-order valence-corrected chi connectivity index (χ1v) is 11.3. The van der Waals surface area contributed by atoms with E-state index in [1.165, 1.54) is 22.7 Å². The minimum Gasteiger partial charge on any atom is -0.298 e. The van der Waals surface area contributed by atoms with Crippen molar-refractivity contribution in [1.29, 1.82) is 0 Å². The molecular formula is C17H13F2N3O3S3. The highest BCUT2D eigenvalue weighted by molar-refractivity contribution is 7.89. The summed E-state index contributed by atoms with van der Waals surface area (Å²) in [7, 11) is -4.05. The molecule has 0 spiro atoms. The van der Waals surface area contributed by atoms with Gasteiger partial charge in [-0.05, 0) is 23.6 Å². The van der Waals surface area contributed by atoms with Gasteiger partial charge in [0.05, 0.1) is 22.7 Å². The van der Waals surface area contributed by atoms with Crippen LogP contribution in [0.2, 0.25) is 0 Å². The maximum absolute atomic E-state index is 13.4. The SMILES string of the molecule is O=C(Nc1nc2c(s1)CN(S(=O)(=O)c1cc(F)cc(F)c1)CC2)c1ccsc1. The summed E-state index contributed by atoms with van der Waals surface area (Å²) < 4.78 is 53.5. The Morgan fingerprint density at radius 2 is 1.96 bits per heavy atom. The summed E-state index contributed by atoms with van der Waals surface area (Å²) in [6.07, 6.45) is 0.344. The third kappa shape index (κ3) is 3.70. The lowest BCUT2D eigenvalue weighted by Crippen LogP contribution is -2.35. The molecule has 11 heteroatoms. The summed E-state index contributed by atoms with van der Waals surface area (Å²) in [5.41, 5.74) is 1.23. The Morgan fingerprint density at radius 1 is 1.21 bits per heavy atom. The highest BCUT2D eigenvalue weighted by Crippen LogP contribution is 2.31. The number of nitrogens with zero attached hydrogens (tertiary/aromatic N) is 2. The number of thiazole rings is 1. The maximum Gasteiger partial charge on any atom is 0.258 e. The highest BCUT2D eigenvalue weighted by atomic mass is 32.2. The minimum absolute atomic E-state index is 0.0296. The summed E-state index contributed by atoms with van der Waals surface area (Å²) >= 11 is 2.59. The first-order valence-electron chi connectivity index (χ1n) is 8.11. The molecule has 0 bridgehead atoms. The quantitative estimate of drug-likeness (QED) is 0.672. The largest absolute Gasteiger partial charge is 0.298 e. The standard InChI is InChI=1S/C17H13F2N3O3S3/c18-11-5-12(19)7-13(6-11)28(24,25)22-3-1-14-15(8-22)27-17(20-14)21-16(23)10-2-4-26-9-10/h2,4-7,9H,1,3,8H2,(H,20,21,23). The molecule has 0 aliphatic carbocycles. The molecular weight excluding hydrogens is 428 g/mol. The smallest absolute Gasteiger partial charge is 0.258 e. The van der Waals surface area contributed by atoms with Crippen LogP contribution in [0.1, 0.15) is 20.9 Å². The zero-order valence-corrected chi connectivity index (χ0v) is 16.6. The number of thiophene rings is 1. The summed E-state index contributed by atoms with van der Waals surface area (Å²) in [6, 6.07) is 3.92. The Bertz CT molecular complexity index is 1120. The van der Waals surface area contributed by atoms with Gasteiger partial charge in [-0.25, -0.2) is 22.2 Å². The van der Waals surface area contributed by atoms with Gasteiger partial charge in [-0.1, -0.05) is 0 Å². The van der Waals surface area contributed by atoms with E-state index < -0.39 is 26.6 Å². The van der Waals surface area contributed by atoms with E-state index in [0.717, 1.165) is 16.4 Å². The monoisotopic (exact) mass is 441 g/mol. The van der Waals surface area contributed by atoms with Gasteiger partial charge in [0.2, 0.25) is 10.0 Å². The molecule has 3 aromatic rings. The number of anilines is 1. The van der Waals surface area contributed by atoms with Gasteiger partial charge in [0, 0.05) is 29.3 Å². The highest BCUT2D eigenvalue weighted by Gasteiger charge is 2.31. The van der Waals surface area contributed by atoms with Crippen molar-refractivity contribution in [2.75, 3.05) is 11.9 Å². The Kier molecular flexibility index (Phi) is 5.00.